The molecule has 1 unspecified atom stereocenters. The first kappa shape index (κ1) is 11.3. The maximum Gasteiger partial charge on any atom is 0.0945 e. The van der Waals surface area contributed by atoms with Crippen molar-refractivity contribution in [2.75, 3.05) is 11.5 Å². The largest absolute Gasteiger partial charge is 0.389 e. The van der Waals surface area contributed by atoms with E-state index in [-0.39, 0.29) is 12.2 Å². The Morgan fingerprint density at radius 1 is 1.20 bits per heavy atom. The van der Waals surface area contributed by atoms with Gasteiger partial charge >= 0.3 is 0 Å². The summed E-state index contributed by atoms with van der Waals surface area (Å²) in [4.78, 5) is 0. The Kier molecular flexibility index (Phi) is 4.38. The summed E-state index contributed by atoms with van der Waals surface area (Å²) in [5.74, 6) is 1.64. The third kappa shape index (κ3) is 3.41. The van der Waals surface area contributed by atoms with E-state index in [1.807, 2.05) is 30.3 Å². The Labute approximate surface area is 97.8 Å². The van der Waals surface area contributed by atoms with Gasteiger partial charge in [-0.05, 0) is 5.56 Å². The molecule has 1 saturated heterocycles. The molecule has 1 fully saturated rings. The first-order valence-electron chi connectivity index (χ1n) is 4.94. The summed E-state index contributed by atoms with van der Waals surface area (Å²) in [7, 11) is 3.49. The second kappa shape index (κ2) is 5.80. The van der Waals surface area contributed by atoms with Crippen molar-refractivity contribution in [3.63, 3.8) is 0 Å². The molecule has 2 atom stereocenters. The molecule has 2 rings (SSSR count). The summed E-state index contributed by atoms with van der Waals surface area (Å²) in [5.41, 5.74) is 1.16. The molecule has 0 aliphatic carbocycles. The molecule has 2 nitrogen and oxygen atoms in total. The van der Waals surface area contributed by atoms with Crippen LogP contribution in [0.3, 0.4) is 0 Å². The van der Waals surface area contributed by atoms with Gasteiger partial charge in [0, 0.05) is 11.5 Å². The van der Waals surface area contributed by atoms with Crippen LogP contribution in [0.4, 0.5) is 0 Å². The van der Waals surface area contributed by atoms with Crippen molar-refractivity contribution in [2.45, 2.75) is 18.8 Å². The number of rotatable bonds is 3. The molecule has 15 heavy (non-hydrogen) atoms. The quantitative estimate of drug-likeness (QED) is 0.824. The molecule has 1 heterocycles. The summed E-state index contributed by atoms with van der Waals surface area (Å²) in [6.45, 7) is 0.591. The van der Waals surface area contributed by atoms with Crippen LogP contribution in [0.15, 0.2) is 30.3 Å². The molecule has 0 radical (unpaired) electrons. The Hall–Kier alpha value is -0.160. The van der Waals surface area contributed by atoms with E-state index in [1.54, 1.807) is 21.6 Å². The average Bonchev–Trinajstić information content (AvgIpc) is 2.29. The van der Waals surface area contributed by atoms with Gasteiger partial charge in [0.25, 0.3) is 0 Å². The zero-order valence-corrected chi connectivity index (χ0v) is 9.97. The molecule has 0 spiro atoms. The zero-order chi connectivity index (χ0) is 10.5. The van der Waals surface area contributed by atoms with Gasteiger partial charge in [-0.2, -0.15) is 0 Å². The van der Waals surface area contributed by atoms with Gasteiger partial charge in [-0.3, -0.25) is 0 Å². The predicted octanol–water partition coefficient (Wildman–Crippen LogP) is 2.33. The standard InChI is InChI=1S/C11H14O2S2/c12-10-7-14-15-8-11(10)13-6-9-4-2-1-3-5-9/h1-5,10-12H,6-8H2/t10?,11-/m1/s1. The Morgan fingerprint density at radius 2 is 1.93 bits per heavy atom. The normalized spacial score (nSPS) is 26.5. The van der Waals surface area contributed by atoms with Crippen LogP contribution in [0.5, 0.6) is 0 Å². The van der Waals surface area contributed by atoms with E-state index < -0.39 is 0 Å². The molecular weight excluding hydrogens is 228 g/mol. The molecule has 1 aromatic carbocycles. The third-order valence-electron chi connectivity index (χ3n) is 2.29. The maximum absolute atomic E-state index is 9.69. The molecule has 1 aliphatic heterocycles. The Morgan fingerprint density at radius 3 is 2.67 bits per heavy atom. The van der Waals surface area contributed by atoms with Crippen molar-refractivity contribution in [1.82, 2.24) is 0 Å². The maximum atomic E-state index is 9.69. The van der Waals surface area contributed by atoms with Crippen LogP contribution in [-0.2, 0) is 11.3 Å². The predicted molar refractivity (Wildman–Crippen MR) is 65.9 cm³/mol. The fourth-order valence-electron chi connectivity index (χ4n) is 1.39. The summed E-state index contributed by atoms with van der Waals surface area (Å²) in [6, 6.07) is 10.1. The molecule has 1 aromatic rings. The molecule has 1 aliphatic rings. The first-order valence-corrected chi connectivity index (χ1v) is 7.43. The summed E-state index contributed by atoms with van der Waals surface area (Å²) in [5, 5.41) is 9.69. The van der Waals surface area contributed by atoms with Gasteiger partial charge in [-0.1, -0.05) is 51.9 Å². The highest BCUT2D eigenvalue weighted by Gasteiger charge is 2.24. The highest BCUT2D eigenvalue weighted by atomic mass is 33.1. The number of hydrogen-bond donors (Lipinski definition) is 1. The van der Waals surface area contributed by atoms with E-state index in [0.717, 1.165) is 17.1 Å². The van der Waals surface area contributed by atoms with E-state index in [0.29, 0.717) is 6.61 Å². The minimum atomic E-state index is -0.319. The number of aliphatic hydroxyl groups is 1. The second-order valence-electron chi connectivity index (χ2n) is 3.47. The van der Waals surface area contributed by atoms with Gasteiger partial charge in [0.1, 0.15) is 0 Å². The van der Waals surface area contributed by atoms with Gasteiger partial charge in [0.2, 0.25) is 0 Å². The number of hydrogen-bond acceptors (Lipinski definition) is 4. The van der Waals surface area contributed by atoms with Crippen LogP contribution in [0.25, 0.3) is 0 Å². The molecule has 0 bridgehead atoms. The summed E-state index contributed by atoms with van der Waals surface area (Å²) < 4.78 is 5.70. The smallest absolute Gasteiger partial charge is 0.0945 e. The molecule has 1 N–H and O–H groups in total. The molecule has 0 saturated carbocycles. The van der Waals surface area contributed by atoms with Gasteiger partial charge in [-0.25, -0.2) is 0 Å². The van der Waals surface area contributed by atoms with E-state index in [4.69, 9.17) is 4.74 Å². The van der Waals surface area contributed by atoms with Gasteiger partial charge in [0.15, 0.2) is 0 Å². The van der Waals surface area contributed by atoms with Crippen molar-refractivity contribution in [1.29, 1.82) is 0 Å². The lowest BCUT2D eigenvalue weighted by atomic mass is 10.2. The lowest BCUT2D eigenvalue weighted by Crippen LogP contribution is -2.35. The van der Waals surface area contributed by atoms with Gasteiger partial charge < -0.3 is 9.84 Å². The highest BCUT2D eigenvalue weighted by molar-refractivity contribution is 8.76. The monoisotopic (exact) mass is 242 g/mol. The van der Waals surface area contributed by atoms with Crippen LogP contribution in [0, 0.1) is 0 Å². The molecule has 4 heteroatoms. The van der Waals surface area contributed by atoms with Crippen molar-refractivity contribution >= 4 is 21.6 Å². The molecule has 0 aromatic heterocycles. The van der Waals surface area contributed by atoms with Crippen molar-refractivity contribution in [3.05, 3.63) is 35.9 Å². The van der Waals surface area contributed by atoms with Crippen molar-refractivity contribution < 1.29 is 9.84 Å². The molecule has 82 valence electrons. The van der Waals surface area contributed by atoms with Crippen LogP contribution >= 0.6 is 21.6 Å². The van der Waals surface area contributed by atoms with E-state index in [9.17, 15) is 5.11 Å². The molecular formula is C11H14O2S2. The van der Waals surface area contributed by atoms with Crippen LogP contribution in [0.2, 0.25) is 0 Å². The minimum absolute atomic E-state index is 0.0172. The SMILES string of the molecule is OC1CSSC[C@H]1OCc1ccccc1. The Balaban J connectivity index is 1.82. The minimum Gasteiger partial charge on any atom is -0.389 e. The lowest BCUT2D eigenvalue weighted by molar-refractivity contribution is -0.0225. The highest BCUT2D eigenvalue weighted by Crippen LogP contribution is 2.31. The zero-order valence-electron chi connectivity index (χ0n) is 8.33. The second-order valence-corrected chi connectivity index (χ2v) is 6.02. The molecule has 0 amide bonds. The number of aliphatic hydroxyl groups excluding tert-OH is 1. The summed E-state index contributed by atoms with van der Waals surface area (Å²) >= 11 is 0. The average molecular weight is 242 g/mol. The van der Waals surface area contributed by atoms with Crippen molar-refractivity contribution in [2.24, 2.45) is 0 Å². The fraction of sp³-hybridized carbons (Fsp3) is 0.455. The van der Waals surface area contributed by atoms with E-state index >= 15 is 0 Å². The number of ether oxygens (including phenoxy) is 1. The van der Waals surface area contributed by atoms with E-state index in [1.165, 1.54) is 0 Å². The van der Waals surface area contributed by atoms with Crippen LogP contribution < -0.4 is 0 Å². The van der Waals surface area contributed by atoms with Crippen molar-refractivity contribution in [3.8, 4) is 0 Å². The lowest BCUT2D eigenvalue weighted by Gasteiger charge is -2.26. The van der Waals surface area contributed by atoms with Gasteiger partial charge in [0.05, 0.1) is 18.8 Å². The Bertz CT molecular complexity index is 292. The third-order valence-corrected chi connectivity index (χ3v) is 4.72. The number of benzene rings is 1. The topological polar surface area (TPSA) is 29.5 Å². The van der Waals surface area contributed by atoms with E-state index in [2.05, 4.69) is 0 Å². The van der Waals surface area contributed by atoms with Crippen LogP contribution in [0.1, 0.15) is 5.56 Å². The first-order chi connectivity index (χ1) is 7.36. The fourth-order valence-corrected chi connectivity index (χ4v) is 3.79. The van der Waals surface area contributed by atoms with Crippen LogP contribution in [-0.4, -0.2) is 28.8 Å². The summed E-state index contributed by atoms with van der Waals surface area (Å²) in [6.07, 6.45) is -0.337. The van der Waals surface area contributed by atoms with Gasteiger partial charge in [-0.15, -0.1) is 0 Å².